The van der Waals surface area contributed by atoms with Crippen molar-refractivity contribution in [1.82, 2.24) is 10.2 Å². The Hall–Kier alpha value is -4.97. The number of unbranched alkanes of at least 4 members (excludes halogenated alkanes) is 1. The van der Waals surface area contributed by atoms with E-state index in [1.54, 1.807) is 60.7 Å². The summed E-state index contributed by atoms with van der Waals surface area (Å²) in [5.74, 6) is -1.32. The number of nitrogens with one attached hydrogen (secondary N) is 2. The van der Waals surface area contributed by atoms with Gasteiger partial charge in [-0.2, -0.15) is 0 Å². The van der Waals surface area contributed by atoms with Gasteiger partial charge in [-0.15, -0.1) is 0 Å². The van der Waals surface area contributed by atoms with Crippen LogP contribution >= 0.6 is 0 Å². The second-order valence-electron chi connectivity index (χ2n) is 10.4. The smallest absolute Gasteiger partial charge is 0.256 e. The molecule has 3 aromatic rings. The van der Waals surface area contributed by atoms with E-state index in [0.717, 1.165) is 23.6 Å². The van der Waals surface area contributed by atoms with E-state index in [4.69, 9.17) is 11.5 Å². The van der Waals surface area contributed by atoms with Crippen molar-refractivity contribution >= 4 is 51.7 Å². The third kappa shape index (κ3) is 6.18. The van der Waals surface area contributed by atoms with Gasteiger partial charge in [0.1, 0.15) is 12.6 Å². The predicted molar refractivity (Wildman–Crippen MR) is 159 cm³/mol. The van der Waals surface area contributed by atoms with Gasteiger partial charge >= 0.3 is 0 Å². The molecule has 5 rings (SSSR count). The Morgan fingerprint density at radius 3 is 2.57 bits per heavy atom. The first-order valence-corrected chi connectivity index (χ1v) is 13.8. The third-order valence-corrected chi connectivity index (χ3v) is 7.37. The number of fused-ring (bicyclic) bond motifs is 3. The molecule has 0 saturated carbocycles. The Balaban J connectivity index is 1.24. The van der Waals surface area contributed by atoms with Gasteiger partial charge in [0.15, 0.2) is 5.96 Å². The van der Waals surface area contributed by atoms with Crippen LogP contribution in [-0.4, -0.2) is 77.9 Å². The fourth-order valence-electron chi connectivity index (χ4n) is 5.34. The van der Waals surface area contributed by atoms with Gasteiger partial charge in [-0.3, -0.25) is 24.2 Å². The Bertz CT molecular complexity index is 1570. The molecule has 0 aromatic heterocycles. The largest absolute Gasteiger partial charge is 0.391 e. The quantitative estimate of drug-likeness (QED) is 0.145. The number of aliphatic hydroxyl groups excluding tert-OH is 1. The number of nitrogens with zero attached hydrogens (tertiary/aromatic N) is 3. The van der Waals surface area contributed by atoms with Gasteiger partial charge in [-0.25, -0.2) is 0 Å². The summed E-state index contributed by atoms with van der Waals surface area (Å²) in [7, 11) is 0. The maximum atomic E-state index is 13.5. The topological polar surface area (TPSA) is 183 Å². The summed E-state index contributed by atoms with van der Waals surface area (Å²) >= 11 is 0. The number of carbonyl (C=O) groups is 4. The average Bonchev–Trinajstić information content (AvgIpc) is 3.35. The van der Waals surface area contributed by atoms with E-state index in [1.165, 1.54) is 9.80 Å². The number of anilines is 2. The van der Waals surface area contributed by atoms with Crippen molar-refractivity contribution in [3.8, 4) is 0 Å². The van der Waals surface area contributed by atoms with Crippen LogP contribution in [0, 0.1) is 0 Å². The number of benzene rings is 3. The number of carbonyl (C=O) groups excluding carboxylic acids is 4. The Morgan fingerprint density at radius 2 is 1.76 bits per heavy atom. The van der Waals surface area contributed by atoms with E-state index >= 15 is 0 Å². The fraction of sp³-hybridized carbons (Fsp3) is 0.300. The number of aliphatic hydroxyl groups is 1. The number of hydrogen-bond donors (Lipinski definition) is 5. The zero-order chi connectivity index (χ0) is 29.8. The van der Waals surface area contributed by atoms with Crippen molar-refractivity contribution in [3.63, 3.8) is 0 Å². The number of para-hydroxylation sites is 1. The molecule has 0 radical (unpaired) electrons. The Morgan fingerprint density at radius 1 is 1.00 bits per heavy atom. The second kappa shape index (κ2) is 12.3. The van der Waals surface area contributed by atoms with Crippen molar-refractivity contribution in [1.29, 1.82) is 0 Å². The number of hydrogen-bond acceptors (Lipinski definition) is 6. The zero-order valence-corrected chi connectivity index (χ0v) is 23.0. The lowest BCUT2D eigenvalue weighted by Gasteiger charge is -2.25. The minimum Gasteiger partial charge on any atom is -0.391 e. The van der Waals surface area contributed by atoms with E-state index in [9.17, 15) is 24.3 Å². The molecule has 7 N–H and O–H groups in total. The first-order valence-electron chi connectivity index (χ1n) is 13.8. The summed E-state index contributed by atoms with van der Waals surface area (Å²) in [6, 6.07) is 16.5. The molecule has 0 aliphatic carbocycles. The lowest BCUT2D eigenvalue weighted by molar-refractivity contribution is -0.124. The normalized spacial score (nSPS) is 17.8. The summed E-state index contributed by atoms with van der Waals surface area (Å²) < 4.78 is 0. The van der Waals surface area contributed by atoms with Gasteiger partial charge in [0.25, 0.3) is 11.8 Å². The number of guanidine groups is 1. The van der Waals surface area contributed by atoms with Crippen LogP contribution in [0.15, 0.2) is 65.7 Å². The monoisotopic (exact) mass is 571 g/mol. The molecular formula is C30H33N7O5. The van der Waals surface area contributed by atoms with Crippen LogP contribution in [0.2, 0.25) is 0 Å². The van der Waals surface area contributed by atoms with Gasteiger partial charge in [0.05, 0.1) is 17.4 Å². The van der Waals surface area contributed by atoms with E-state index in [1.807, 2.05) is 0 Å². The molecule has 12 nitrogen and oxygen atoms in total. The molecule has 4 amide bonds. The molecule has 0 bridgehead atoms. The lowest BCUT2D eigenvalue weighted by atomic mass is 10.1. The third-order valence-electron chi connectivity index (χ3n) is 7.37. The van der Waals surface area contributed by atoms with Crippen LogP contribution in [0.1, 0.15) is 40.0 Å². The standard InChI is InChI=1S/C30H33N7O5/c31-30(32)34-12-4-3-11-33-27(40)20-8-7-19-14-21(10-9-18(19)13-20)35-26(39)17-37-24-6-2-1-5-23(24)28(41)36-16-22(38)15-25(36)29(37)42/h1-2,5-10,13-14,22,25,38H,3-4,11-12,15-17H2,(H,33,40)(H,35,39)(H4,31,32,34)/t22-,25+/m1/s1. The van der Waals surface area contributed by atoms with E-state index < -0.39 is 24.0 Å². The maximum absolute atomic E-state index is 13.5. The Kier molecular flexibility index (Phi) is 8.34. The maximum Gasteiger partial charge on any atom is 0.256 e. The first kappa shape index (κ1) is 28.6. The summed E-state index contributed by atoms with van der Waals surface area (Å²) in [5.41, 5.74) is 12.3. The number of aliphatic imine (C=N–C) groups is 1. The van der Waals surface area contributed by atoms with Crippen molar-refractivity contribution in [2.24, 2.45) is 16.5 Å². The summed E-state index contributed by atoms with van der Waals surface area (Å²) in [5, 5.41) is 17.5. The molecular weight excluding hydrogens is 538 g/mol. The number of nitrogens with two attached hydrogens (primary N) is 2. The first-order chi connectivity index (χ1) is 20.2. The minimum absolute atomic E-state index is 0.0517. The Labute approximate surface area is 242 Å². The molecule has 12 heteroatoms. The second-order valence-corrected chi connectivity index (χ2v) is 10.4. The highest BCUT2D eigenvalue weighted by molar-refractivity contribution is 6.13. The number of amides is 4. The molecule has 2 aliphatic heterocycles. The van der Waals surface area contributed by atoms with Crippen LogP contribution < -0.4 is 27.0 Å². The fourth-order valence-corrected chi connectivity index (χ4v) is 5.34. The zero-order valence-electron chi connectivity index (χ0n) is 23.0. The van der Waals surface area contributed by atoms with Gasteiger partial charge in [-0.05, 0) is 60.0 Å². The molecule has 1 fully saturated rings. The average molecular weight is 572 g/mol. The summed E-state index contributed by atoms with van der Waals surface area (Å²) in [6.07, 6.45) is 0.824. The van der Waals surface area contributed by atoms with Crippen LogP contribution in [-0.2, 0) is 9.59 Å². The van der Waals surface area contributed by atoms with Gasteiger partial charge < -0.3 is 37.0 Å². The highest BCUT2D eigenvalue weighted by Crippen LogP contribution is 2.32. The van der Waals surface area contributed by atoms with Crippen LogP contribution in [0.4, 0.5) is 11.4 Å². The van der Waals surface area contributed by atoms with E-state index in [0.29, 0.717) is 35.6 Å². The van der Waals surface area contributed by atoms with E-state index in [-0.39, 0.29) is 37.3 Å². The highest BCUT2D eigenvalue weighted by Gasteiger charge is 2.45. The minimum atomic E-state index is -0.829. The van der Waals surface area contributed by atoms with Crippen LogP contribution in [0.5, 0.6) is 0 Å². The molecule has 0 unspecified atom stereocenters. The molecule has 2 aliphatic rings. The molecule has 2 atom stereocenters. The van der Waals surface area contributed by atoms with Crippen molar-refractivity contribution in [3.05, 3.63) is 71.8 Å². The molecule has 1 saturated heterocycles. The molecule has 2 heterocycles. The molecule has 218 valence electrons. The van der Waals surface area contributed by atoms with Crippen molar-refractivity contribution in [2.75, 3.05) is 36.4 Å². The SMILES string of the molecule is NC(N)=NCCCCNC(=O)c1ccc2cc(NC(=O)CN3C(=O)[C@@H]4C[C@@H](O)CN4C(=O)c4ccccc43)ccc2c1. The van der Waals surface area contributed by atoms with Crippen molar-refractivity contribution < 1.29 is 24.3 Å². The molecule has 3 aromatic carbocycles. The molecule has 42 heavy (non-hydrogen) atoms. The van der Waals surface area contributed by atoms with Gasteiger partial charge in [-0.1, -0.05) is 24.3 Å². The van der Waals surface area contributed by atoms with Crippen molar-refractivity contribution in [2.45, 2.75) is 31.4 Å². The molecule has 0 spiro atoms. The summed E-state index contributed by atoms with van der Waals surface area (Å²) in [6.45, 7) is 0.786. The highest BCUT2D eigenvalue weighted by atomic mass is 16.3. The number of rotatable bonds is 9. The predicted octanol–water partition coefficient (Wildman–Crippen LogP) is 1.18. The lowest BCUT2D eigenvalue weighted by Crippen LogP contribution is -2.47. The van der Waals surface area contributed by atoms with Gasteiger partial charge in [0, 0.05) is 37.3 Å². The van der Waals surface area contributed by atoms with E-state index in [2.05, 4.69) is 15.6 Å². The van der Waals surface area contributed by atoms with Crippen LogP contribution in [0.25, 0.3) is 10.8 Å². The van der Waals surface area contributed by atoms with Gasteiger partial charge in [0.2, 0.25) is 11.8 Å². The summed E-state index contributed by atoms with van der Waals surface area (Å²) in [4.78, 5) is 58.9. The van der Waals surface area contributed by atoms with Crippen LogP contribution in [0.3, 0.4) is 0 Å².